The van der Waals surface area contributed by atoms with E-state index in [0.717, 1.165) is 18.6 Å². The molecule has 1 aliphatic heterocycles. The second-order valence-corrected chi connectivity index (χ2v) is 6.80. The molecule has 0 radical (unpaired) electrons. The van der Waals surface area contributed by atoms with Gasteiger partial charge in [-0.05, 0) is 18.2 Å². The molecule has 1 fully saturated rings. The number of nitro benzene ring substituents is 1. The first-order chi connectivity index (χ1) is 14.5. The number of carbonyl (C=O) groups is 1. The van der Waals surface area contributed by atoms with Gasteiger partial charge in [-0.25, -0.2) is 0 Å². The summed E-state index contributed by atoms with van der Waals surface area (Å²) in [6.45, 7) is 3.23. The molecule has 0 aliphatic carbocycles. The third kappa shape index (κ3) is 3.91. The van der Waals surface area contributed by atoms with E-state index in [1.54, 1.807) is 10.6 Å². The van der Waals surface area contributed by atoms with Crippen molar-refractivity contribution in [2.24, 2.45) is 10.2 Å². The van der Waals surface area contributed by atoms with E-state index >= 15 is 0 Å². The standard InChI is InChI=1S/C20H19N5O5/c26-19(14-5-7-15(8-6-14)25(28)29)22-21-18-16-3-1-2-4-17(16)24(20(18)27)13-23-9-11-30-12-10-23/h1-8,27H,9-13H2. The number of non-ortho nitro benzene ring substituents is 1. The van der Waals surface area contributed by atoms with Gasteiger partial charge in [0.25, 0.3) is 11.6 Å². The fourth-order valence-corrected chi connectivity index (χ4v) is 3.33. The molecule has 2 heterocycles. The maximum absolute atomic E-state index is 12.3. The largest absolute Gasteiger partial charge is 0.493 e. The lowest BCUT2D eigenvalue weighted by Gasteiger charge is -2.27. The third-order valence-corrected chi connectivity index (χ3v) is 4.93. The summed E-state index contributed by atoms with van der Waals surface area (Å²) in [5, 5.41) is 29.9. The number of aromatic hydroxyl groups is 1. The maximum atomic E-state index is 12.3. The molecule has 10 heteroatoms. The number of morpholine rings is 1. The van der Waals surface area contributed by atoms with E-state index in [4.69, 9.17) is 4.74 Å². The number of nitrogens with zero attached hydrogens (tertiary/aromatic N) is 5. The molecule has 3 aromatic rings. The van der Waals surface area contributed by atoms with Crippen molar-refractivity contribution in [3.63, 3.8) is 0 Å². The van der Waals surface area contributed by atoms with Crippen LogP contribution in [0, 0.1) is 10.1 Å². The van der Waals surface area contributed by atoms with Crippen molar-refractivity contribution >= 4 is 28.2 Å². The average Bonchev–Trinajstić information content (AvgIpc) is 3.04. The first-order valence-electron chi connectivity index (χ1n) is 9.35. The SMILES string of the molecule is O=C(N=Nc1c(O)n(CN2CCOCC2)c2ccccc12)c1ccc([N+](=O)[O-])cc1. The minimum Gasteiger partial charge on any atom is -0.493 e. The number of rotatable bonds is 5. The maximum Gasteiger partial charge on any atom is 0.295 e. The zero-order valence-electron chi connectivity index (χ0n) is 16.0. The molecule has 30 heavy (non-hydrogen) atoms. The molecule has 1 aliphatic rings. The molecule has 2 aromatic carbocycles. The number of amides is 1. The number of aromatic nitrogens is 1. The van der Waals surface area contributed by atoms with Crippen LogP contribution in [-0.2, 0) is 11.4 Å². The van der Waals surface area contributed by atoms with Gasteiger partial charge < -0.3 is 9.84 Å². The van der Waals surface area contributed by atoms with Gasteiger partial charge in [0.05, 0.1) is 30.3 Å². The second-order valence-electron chi connectivity index (χ2n) is 6.80. The fourth-order valence-electron chi connectivity index (χ4n) is 3.33. The Morgan fingerprint density at radius 3 is 2.53 bits per heavy atom. The highest BCUT2D eigenvalue weighted by Gasteiger charge is 2.20. The number of azo groups is 1. The molecule has 1 saturated heterocycles. The van der Waals surface area contributed by atoms with E-state index in [1.165, 1.54) is 24.3 Å². The van der Waals surface area contributed by atoms with Crippen LogP contribution in [0.3, 0.4) is 0 Å². The first-order valence-corrected chi connectivity index (χ1v) is 9.35. The van der Waals surface area contributed by atoms with Crippen molar-refractivity contribution in [1.82, 2.24) is 9.47 Å². The molecule has 1 amide bonds. The topological polar surface area (TPSA) is 123 Å². The van der Waals surface area contributed by atoms with Crippen LogP contribution in [-0.4, -0.2) is 51.7 Å². The van der Waals surface area contributed by atoms with Crippen LogP contribution >= 0.6 is 0 Å². The van der Waals surface area contributed by atoms with Crippen molar-refractivity contribution in [2.45, 2.75) is 6.67 Å². The summed E-state index contributed by atoms with van der Waals surface area (Å²) < 4.78 is 7.09. The summed E-state index contributed by atoms with van der Waals surface area (Å²) in [4.78, 5) is 24.7. The minimum atomic E-state index is -0.658. The van der Waals surface area contributed by atoms with Crippen molar-refractivity contribution in [3.8, 4) is 5.88 Å². The number of nitro groups is 1. The van der Waals surface area contributed by atoms with E-state index in [-0.39, 0.29) is 22.8 Å². The highest BCUT2D eigenvalue weighted by atomic mass is 16.6. The Morgan fingerprint density at radius 1 is 1.13 bits per heavy atom. The van der Waals surface area contributed by atoms with Gasteiger partial charge in [0.1, 0.15) is 0 Å². The van der Waals surface area contributed by atoms with Crippen molar-refractivity contribution in [2.75, 3.05) is 26.3 Å². The van der Waals surface area contributed by atoms with Crippen LogP contribution in [0.5, 0.6) is 5.88 Å². The monoisotopic (exact) mass is 409 g/mol. The zero-order valence-corrected chi connectivity index (χ0v) is 16.0. The van der Waals surface area contributed by atoms with Gasteiger partial charge in [-0.2, -0.15) is 0 Å². The Kier molecular flexibility index (Phi) is 5.50. The lowest BCUT2D eigenvalue weighted by atomic mass is 10.2. The number of ether oxygens (including phenoxy) is 1. The van der Waals surface area contributed by atoms with Crippen LogP contribution in [0.2, 0.25) is 0 Å². The Hall–Kier alpha value is -3.63. The third-order valence-electron chi connectivity index (χ3n) is 4.93. The number of carbonyl (C=O) groups excluding carboxylic acids is 1. The number of hydrogen-bond donors (Lipinski definition) is 1. The van der Waals surface area contributed by atoms with Gasteiger partial charge >= 0.3 is 0 Å². The van der Waals surface area contributed by atoms with E-state index in [1.807, 2.05) is 18.2 Å². The predicted molar refractivity (Wildman–Crippen MR) is 108 cm³/mol. The molecular formula is C20H19N5O5. The van der Waals surface area contributed by atoms with Gasteiger partial charge in [0.2, 0.25) is 5.88 Å². The van der Waals surface area contributed by atoms with Gasteiger partial charge in [0, 0.05) is 36.2 Å². The lowest BCUT2D eigenvalue weighted by Crippen LogP contribution is -2.37. The van der Waals surface area contributed by atoms with E-state index in [2.05, 4.69) is 15.1 Å². The molecule has 1 aromatic heterocycles. The Labute approximate surface area is 171 Å². The van der Waals surface area contributed by atoms with Crippen molar-refractivity contribution in [1.29, 1.82) is 0 Å². The van der Waals surface area contributed by atoms with E-state index in [9.17, 15) is 20.0 Å². The van der Waals surface area contributed by atoms with Crippen LogP contribution in [0.4, 0.5) is 11.4 Å². The molecule has 4 rings (SSSR count). The minimum absolute atomic E-state index is 0.0806. The van der Waals surface area contributed by atoms with Gasteiger partial charge in [-0.1, -0.05) is 18.2 Å². The molecule has 0 atom stereocenters. The first kappa shape index (κ1) is 19.7. The molecule has 154 valence electrons. The fraction of sp³-hybridized carbons (Fsp3) is 0.250. The summed E-state index contributed by atoms with van der Waals surface area (Å²) in [7, 11) is 0. The van der Waals surface area contributed by atoms with Gasteiger partial charge in [-0.3, -0.25) is 24.4 Å². The van der Waals surface area contributed by atoms with E-state index in [0.29, 0.717) is 25.3 Å². The Balaban J connectivity index is 1.62. The molecule has 0 spiro atoms. The van der Waals surface area contributed by atoms with Gasteiger partial charge in [-0.15, -0.1) is 10.2 Å². The predicted octanol–water partition coefficient (Wildman–Crippen LogP) is 3.47. The molecular weight excluding hydrogens is 390 g/mol. The molecule has 0 bridgehead atoms. The number of hydrogen-bond acceptors (Lipinski definition) is 7. The number of fused-ring (bicyclic) bond motifs is 1. The second kappa shape index (κ2) is 8.39. The molecule has 1 N–H and O–H groups in total. The number of para-hydroxylation sites is 1. The van der Waals surface area contributed by atoms with E-state index < -0.39 is 10.8 Å². The van der Waals surface area contributed by atoms with Crippen molar-refractivity contribution < 1.29 is 19.6 Å². The smallest absolute Gasteiger partial charge is 0.295 e. The summed E-state index contributed by atoms with van der Waals surface area (Å²) in [5.41, 5.74) is 1.03. The highest BCUT2D eigenvalue weighted by molar-refractivity contribution is 5.97. The highest BCUT2D eigenvalue weighted by Crippen LogP contribution is 2.39. The normalized spacial score (nSPS) is 15.1. The van der Waals surface area contributed by atoms with Crippen LogP contribution in [0.15, 0.2) is 58.8 Å². The Morgan fingerprint density at radius 2 is 1.83 bits per heavy atom. The molecule has 0 unspecified atom stereocenters. The van der Waals surface area contributed by atoms with Crippen LogP contribution < -0.4 is 0 Å². The van der Waals surface area contributed by atoms with Crippen molar-refractivity contribution in [3.05, 3.63) is 64.2 Å². The summed E-state index contributed by atoms with van der Waals surface area (Å²) in [6.07, 6.45) is 0. The summed E-state index contributed by atoms with van der Waals surface area (Å²) in [5.74, 6) is -0.739. The lowest BCUT2D eigenvalue weighted by molar-refractivity contribution is -0.384. The summed E-state index contributed by atoms with van der Waals surface area (Å²) in [6, 6.07) is 12.5. The molecule has 0 saturated carbocycles. The zero-order chi connectivity index (χ0) is 21.1. The van der Waals surface area contributed by atoms with Crippen LogP contribution in [0.25, 0.3) is 10.9 Å². The number of benzene rings is 2. The van der Waals surface area contributed by atoms with Crippen LogP contribution in [0.1, 0.15) is 10.4 Å². The van der Waals surface area contributed by atoms with Gasteiger partial charge in [0.15, 0.2) is 5.69 Å². The average molecular weight is 409 g/mol. The molecule has 10 nitrogen and oxygen atoms in total. The Bertz CT molecular complexity index is 1120. The quantitative estimate of drug-likeness (QED) is 0.391. The summed E-state index contributed by atoms with van der Waals surface area (Å²) >= 11 is 0.